The van der Waals surface area contributed by atoms with E-state index in [2.05, 4.69) is 4.90 Å². The van der Waals surface area contributed by atoms with E-state index in [1.807, 2.05) is 11.0 Å². The van der Waals surface area contributed by atoms with E-state index < -0.39 is 0 Å². The van der Waals surface area contributed by atoms with Crippen LogP contribution in [0, 0.1) is 11.6 Å². The molecule has 0 unspecified atom stereocenters. The molecular weight excluding hydrogens is 272 g/mol. The van der Waals surface area contributed by atoms with Crippen LogP contribution in [0.25, 0.3) is 0 Å². The Labute approximate surface area is 122 Å². The molecule has 1 heterocycles. The van der Waals surface area contributed by atoms with Gasteiger partial charge >= 0.3 is 0 Å². The molecule has 1 fully saturated rings. The number of para-hydroxylation sites is 1. The van der Waals surface area contributed by atoms with Gasteiger partial charge in [0.1, 0.15) is 11.6 Å². The first-order chi connectivity index (χ1) is 10.1. The zero-order valence-electron chi connectivity index (χ0n) is 11.6. The van der Waals surface area contributed by atoms with Gasteiger partial charge in [-0.05, 0) is 30.3 Å². The number of rotatable bonds is 2. The number of nitrogens with two attached hydrogens (primary N) is 1. The summed E-state index contributed by atoms with van der Waals surface area (Å²) in [5.74, 6) is -0.534. The topological polar surface area (TPSA) is 32.5 Å². The Morgan fingerprint density at radius 2 is 1.43 bits per heavy atom. The second-order valence-electron chi connectivity index (χ2n) is 5.13. The fourth-order valence-corrected chi connectivity index (χ4v) is 2.71. The largest absolute Gasteiger partial charge is 0.397 e. The first-order valence-electron chi connectivity index (χ1n) is 6.94. The Bertz CT molecular complexity index is 637. The van der Waals surface area contributed by atoms with E-state index >= 15 is 0 Å². The van der Waals surface area contributed by atoms with E-state index in [0.717, 1.165) is 18.8 Å². The zero-order valence-corrected chi connectivity index (χ0v) is 11.6. The van der Waals surface area contributed by atoms with Crippen molar-refractivity contribution in [3.63, 3.8) is 0 Å². The minimum Gasteiger partial charge on any atom is -0.397 e. The summed E-state index contributed by atoms with van der Waals surface area (Å²) in [6.07, 6.45) is 0. The predicted octanol–water partition coefficient (Wildman–Crippen LogP) is 2.87. The summed E-state index contributed by atoms with van der Waals surface area (Å²) in [6, 6.07) is 11.2. The van der Waals surface area contributed by atoms with E-state index in [9.17, 15) is 8.78 Å². The van der Waals surface area contributed by atoms with Crippen molar-refractivity contribution in [2.45, 2.75) is 0 Å². The lowest BCUT2D eigenvalue weighted by Crippen LogP contribution is -2.47. The maximum atomic E-state index is 13.8. The number of piperazine rings is 1. The summed E-state index contributed by atoms with van der Waals surface area (Å²) in [5, 5.41) is 0. The second-order valence-corrected chi connectivity index (χ2v) is 5.13. The van der Waals surface area contributed by atoms with Gasteiger partial charge in [0.15, 0.2) is 0 Å². The lowest BCUT2D eigenvalue weighted by Gasteiger charge is -2.37. The van der Waals surface area contributed by atoms with E-state index in [-0.39, 0.29) is 11.6 Å². The normalized spacial score (nSPS) is 15.3. The van der Waals surface area contributed by atoms with Crippen molar-refractivity contribution in [1.82, 2.24) is 0 Å². The van der Waals surface area contributed by atoms with Crippen LogP contribution in [-0.4, -0.2) is 26.2 Å². The minimum absolute atomic E-state index is 0.202. The predicted molar refractivity (Wildman–Crippen MR) is 81.6 cm³/mol. The monoisotopic (exact) mass is 289 g/mol. The quantitative estimate of drug-likeness (QED) is 0.863. The Morgan fingerprint density at radius 3 is 2.05 bits per heavy atom. The van der Waals surface area contributed by atoms with Crippen LogP contribution in [-0.2, 0) is 0 Å². The van der Waals surface area contributed by atoms with Crippen molar-refractivity contribution >= 4 is 17.1 Å². The van der Waals surface area contributed by atoms with Crippen LogP contribution in [0.4, 0.5) is 25.8 Å². The number of benzene rings is 2. The van der Waals surface area contributed by atoms with Gasteiger partial charge in [0, 0.05) is 26.2 Å². The van der Waals surface area contributed by atoms with Crippen LogP contribution in [0.5, 0.6) is 0 Å². The van der Waals surface area contributed by atoms with Gasteiger partial charge in [0.2, 0.25) is 0 Å². The molecule has 0 atom stereocenters. The molecule has 2 N–H and O–H groups in total. The molecule has 0 saturated carbocycles. The van der Waals surface area contributed by atoms with Gasteiger partial charge < -0.3 is 15.5 Å². The van der Waals surface area contributed by atoms with Crippen LogP contribution in [0.15, 0.2) is 42.5 Å². The molecule has 0 bridgehead atoms. The summed E-state index contributed by atoms with van der Waals surface area (Å²) in [7, 11) is 0. The van der Waals surface area contributed by atoms with E-state index in [0.29, 0.717) is 24.5 Å². The van der Waals surface area contributed by atoms with Gasteiger partial charge in [0.25, 0.3) is 0 Å². The molecule has 21 heavy (non-hydrogen) atoms. The summed E-state index contributed by atoms with van der Waals surface area (Å²) in [4.78, 5) is 4.12. The standard InChI is InChI=1S/C16H17F2N3/c17-12-5-6-16(14(19)11-12)21-9-7-20(8-10-21)15-4-2-1-3-13(15)18/h1-6,11H,7-10,19H2. The molecule has 5 heteroatoms. The van der Waals surface area contributed by atoms with Gasteiger partial charge in [0.05, 0.1) is 17.1 Å². The molecule has 110 valence electrons. The van der Waals surface area contributed by atoms with Gasteiger partial charge in [-0.15, -0.1) is 0 Å². The number of nitrogens with zero attached hydrogens (tertiary/aromatic N) is 2. The first kappa shape index (κ1) is 13.7. The van der Waals surface area contributed by atoms with E-state index in [4.69, 9.17) is 5.73 Å². The fourth-order valence-electron chi connectivity index (χ4n) is 2.71. The Balaban J connectivity index is 1.72. The molecule has 1 aliphatic heterocycles. The number of hydrogen-bond donors (Lipinski definition) is 1. The zero-order chi connectivity index (χ0) is 14.8. The number of hydrogen-bond acceptors (Lipinski definition) is 3. The molecule has 0 spiro atoms. The minimum atomic E-state index is -0.332. The summed E-state index contributed by atoms with van der Waals surface area (Å²) < 4.78 is 26.9. The van der Waals surface area contributed by atoms with Crippen molar-refractivity contribution in [1.29, 1.82) is 0 Å². The van der Waals surface area contributed by atoms with Crippen LogP contribution in [0.1, 0.15) is 0 Å². The van der Waals surface area contributed by atoms with E-state index in [1.54, 1.807) is 18.2 Å². The lowest BCUT2D eigenvalue weighted by atomic mass is 10.2. The first-order valence-corrected chi connectivity index (χ1v) is 6.94. The maximum absolute atomic E-state index is 13.8. The van der Waals surface area contributed by atoms with Crippen molar-refractivity contribution in [2.24, 2.45) is 0 Å². The van der Waals surface area contributed by atoms with Crippen LogP contribution in [0.2, 0.25) is 0 Å². The molecule has 1 aliphatic rings. The van der Waals surface area contributed by atoms with Crippen molar-refractivity contribution in [2.75, 3.05) is 41.7 Å². The third-order valence-electron chi connectivity index (χ3n) is 3.80. The van der Waals surface area contributed by atoms with E-state index in [1.165, 1.54) is 18.2 Å². The Hall–Kier alpha value is -2.30. The third-order valence-corrected chi connectivity index (χ3v) is 3.80. The molecule has 2 aromatic carbocycles. The van der Waals surface area contributed by atoms with Gasteiger partial charge in [-0.2, -0.15) is 0 Å². The average molecular weight is 289 g/mol. The second kappa shape index (κ2) is 5.60. The number of anilines is 3. The van der Waals surface area contributed by atoms with Crippen LogP contribution < -0.4 is 15.5 Å². The molecule has 0 radical (unpaired) electrons. The van der Waals surface area contributed by atoms with Gasteiger partial charge in [-0.3, -0.25) is 0 Å². The third kappa shape index (κ3) is 2.77. The highest BCUT2D eigenvalue weighted by Crippen LogP contribution is 2.27. The molecule has 3 rings (SSSR count). The Kier molecular flexibility index (Phi) is 3.64. The molecule has 0 amide bonds. The Morgan fingerprint density at radius 1 is 0.810 bits per heavy atom. The number of nitrogen functional groups attached to an aromatic ring is 1. The molecule has 1 saturated heterocycles. The van der Waals surface area contributed by atoms with Crippen LogP contribution >= 0.6 is 0 Å². The SMILES string of the molecule is Nc1cc(F)ccc1N1CCN(c2ccccc2F)CC1. The van der Waals surface area contributed by atoms with Crippen molar-refractivity contribution in [3.05, 3.63) is 54.1 Å². The summed E-state index contributed by atoms with van der Waals surface area (Å²) >= 11 is 0. The van der Waals surface area contributed by atoms with Gasteiger partial charge in [-0.1, -0.05) is 12.1 Å². The molecule has 3 nitrogen and oxygen atoms in total. The van der Waals surface area contributed by atoms with Crippen molar-refractivity contribution < 1.29 is 8.78 Å². The smallest absolute Gasteiger partial charge is 0.146 e. The summed E-state index contributed by atoms with van der Waals surface area (Å²) in [5.41, 5.74) is 7.77. The van der Waals surface area contributed by atoms with Gasteiger partial charge in [-0.25, -0.2) is 8.78 Å². The highest BCUT2D eigenvalue weighted by Gasteiger charge is 2.20. The highest BCUT2D eigenvalue weighted by atomic mass is 19.1. The van der Waals surface area contributed by atoms with Crippen molar-refractivity contribution in [3.8, 4) is 0 Å². The fraction of sp³-hybridized carbons (Fsp3) is 0.250. The maximum Gasteiger partial charge on any atom is 0.146 e. The molecule has 0 aliphatic carbocycles. The van der Waals surface area contributed by atoms with Crippen LogP contribution in [0.3, 0.4) is 0 Å². The summed E-state index contributed by atoms with van der Waals surface area (Å²) in [6.45, 7) is 2.86. The number of halogens is 2. The molecule has 2 aromatic rings. The molecule has 0 aromatic heterocycles. The lowest BCUT2D eigenvalue weighted by molar-refractivity contribution is 0.597. The average Bonchev–Trinajstić information content (AvgIpc) is 2.48. The highest BCUT2D eigenvalue weighted by molar-refractivity contribution is 5.68. The molecular formula is C16H17F2N3.